The molecule has 0 bridgehead atoms. The van der Waals surface area contributed by atoms with Crippen molar-refractivity contribution in [1.29, 1.82) is 0 Å². The molecule has 0 saturated carbocycles. The summed E-state index contributed by atoms with van der Waals surface area (Å²) in [5.74, 6) is 4.37. The van der Waals surface area contributed by atoms with Crippen molar-refractivity contribution < 1.29 is 37.3 Å². The van der Waals surface area contributed by atoms with Gasteiger partial charge in [-0.25, -0.2) is 18.6 Å². The van der Waals surface area contributed by atoms with Crippen LogP contribution in [0.2, 0.25) is 0 Å². The van der Waals surface area contributed by atoms with Crippen molar-refractivity contribution in [3.05, 3.63) is 70.5 Å². The fourth-order valence-electron chi connectivity index (χ4n) is 5.46. The molecule has 4 aromatic rings. The van der Waals surface area contributed by atoms with E-state index in [1.54, 1.807) is 30.0 Å². The second-order valence-corrected chi connectivity index (χ2v) is 12.2. The highest BCUT2D eigenvalue weighted by Gasteiger charge is 2.33. The first kappa shape index (κ1) is 34.3. The van der Waals surface area contributed by atoms with Gasteiger partial charge in [-0.15, -0.1) is 0 Å². The van der Waals surface area contributed by atoms with Crippen LogP contribution in [0.25, 0.3) is 10.9 Å². The van der Waals surface area contributed by atoms with Gasteiger partial charge in [-0.05, 0) is 50.8 Å². The molecule has 0 spiro atoms. The van der Waals surface area contributed by atoms with E-state index in [9.17, 15) is 4.79 Å². The van der Waals surface area contributed by atoms with Crippen LogP contribution in [-0.2, 0) is 22.6 Å². The van der Waals surface area contributed by atoms with E-state index in [2.05, 4.69) is 17.2 Å². The van der Waals surface area contributed by atoms with Gasteiger partial charge in [-0.3, -0.25) is 4.68 Å². The molecular weight excluding hydrogens is 624 g/mol. The number of hydrogen-bond donors (Lipinski definition) is 1. The van der Waals surface area contributed by atoms with E-state index in [0.29, 0.717) is 42.8 Å². The third kappa shape index (κ3) is 7.23. The fraction of sp³-hybridized carbons (Fsp3) is 0.400. The lowest BCUT2D eigenvalue weighted by Gasteiger charge is -2.24. The summed E-state index contributed by atoms with van der Waals surface area (Å²) < 4.78 is 59.0. The second kappa shape index (κ2) is 14.4. The molecule has 1 aliphatic rings. The quantitative estimate of drug-likeness (QED) is 0.213. The van der Waals surface area contributed by atoms with Crippen LogP contribution in [0.15, 0.2) is 36.5 Å². The molecule has 2 aromatic heterocycles. The number of halogens is 2. The Morgan fingerprint density at radius 1 is 1.02 bits per heavy atom. The zero-order chi connectivity index (χ0) is 34.6. The predicted octanol–water partition coefficient (Wildman–Crippen LogP) is 6.08. The standard InChI is InChI=1S/C35H39F2N5O6/c1-35(2,3)48-34(43)41-15-14-23(19-41)42-32-22(20-44-4)18-39-33(38-17-21-8-10-24(45-5)11-9-21)29(32)26(40-42)13-12-25-30(36)27(46-6)16-28(47-7)31(25)37/h8-11,16,18,23H,14-15,17,19-20H2,1-7H3,(H,38,39)/t23-/m0/s1. The largest absolute Gasteiger partial charge is 0.497 e. The summed E-state index contributed by atoms with van der Waals surface area (Å²) in [5, 5.41) is 8.80. The van der Waals surface area contributed by atoms with E-state index in [1.807, 2.05) is 45.0 Å². The number of anilines is 1. The van der Waals surface area contributed by atoms with Gasteiger partial charge in [0.25, 0.3) is 0 Å². The van der Waals surface area contributed by atoms with E-state index in [-0.39, 0.29) is 29.8 Å². The number of amides is 1. The molecule has 13 heteroatoms. The summed E-state index contributed by atoms with van der Waals surface area (Å²) in [4.78, 5) is 19.3. The molecule has 1 saturated heterocycles. The highest BCUT2D eigenvalue weighted by atomic mass is 19.1. The van der Waals surface area contributed by atoms with Gasteiger partial charge < -0.3 is 33.9 Å². The average molecular weight is 664 g/mol. The van der Waals surface area contributed by atoms with Gasteiger partial charge in [-0.1, -0.05) is 18.1 Å². The molecule has 0 unspecified atom stereocenters. The molecular formula is C35H39F2N5O6. The Labute approximate surface area is 278 Å². The molecule has 1 aliphatic heterocycles. The van der Waals surface area contributed by atoms with Crippen molar-refractivity contribution in [1.82, 2.24) is 19.7 Å². The predicted molar refractivity (Wildman–Crippen MR) is 175 cm³/mol. The Morgan fingerprint density at radius 2 is 1.71 bits per heavy atom. The number of hydrogen-bond acceptors (Lipinski definition) is 9. The first-order chi connectivity index (χ1) is 23.0. The van der Waals surface area contributed by atoms with Crippen molar-refractivity contribution in [2.45, 2.75) is 52.0 Å². The van der Waals surface area contributed by atoms with E-state index in [0.717, 1.165) is 22.9 Å². The van der Waals surface area contributed by atoms with Gasteiger partial charge in [0.1, 0.15) is 28.4 Å². The van der Waals surface area contributed by atoms with Crippen molar-refractivity contribution in [3.8, 4) is 29.1 Å². The lowest BCUT2D eigenvalue weighted by molar-refractivity contribution is 0.0288. The molecule has 5 rings (SSSR count). The maximum absolute atomic E-state index is 15.3. The van der Waals surface area contributed by atoms with Crippen LogP contribution in [0.5, 0.6) is 17.2 Å². The molecule has 1 fully saturated rings. The number of carbonyl (C=O) groups excluding carboxylic acids is 1. The van der Waals surface area contributed by atoms with E-state index >= 15 is 8.78 Å². The number of likely N-dealkylation sites (tertiary alicyclic amines) is 1. The number of pyridine rings is 1. The summed E-state index contributed by atoms with van der Waals surface area (Å²) in [7, 11) is 5.72. The summed E-state index contributed by atoms with van der Waals surface area (Å²) >= 11 is 0. The lowest BCUT2D eigenvalue weighted by Crippen LogP contribution is -2.35. The Morgan fingerprint density at radius 3 is 2.31 bits per heavy atom. The highest BCUT2D eigenvalue weighted by molar-refractivity contribution is 5.96. The molecule has 1 atom stereocenters. The average Bonchev–Trinajstić information content (AvgIpc) is 3.70. The Balaban J connectivity index is 1.64. The van der Waals surface area contributed by atoms with E-state index < -0.39 is 28.9 Å². The lowest BCUT2D eigenvalue weighted by atomic mass is 10.1. The monoisotopic (exact) mass is 663 g/mol. The number of fused-ring (bicyclic) bond motifs is 1. The van der Waals surface area contributed by atoms with Crippen LogP contribution in [0.4, 0.5) is 19.4 Å². The zero-order valence-corrected chi connectivity index (χ0v) is 28.1. The highest BCUT2D eigenvalue weighted by Crippen LogP contribution is 2.35. The van der Waals surface area contributed by atoms with E-state index in [1.165, 1.54) is 14.2 Å². The van der Waals surface area contributed by atoms with Crippen molar-refractivity contribution in [2.75, 3.05) is 46.8 Å². The third-order valence-electron chi connectivity index (χ3n) is 7.76. The van der Waals surface area contributed by atoms with Crippen LogP contribution < -0.4 is 19.5 Å². The van der Waals surface area contributed by atoms with Gasteiger partial charge in [-0.2, -0.15) is 5.10 Å². The topological polar surface area (TPSA) is 109 Å². The van der Waals surface area contributed by atoms with Crippen LogP contribution in [0, 0.1) is 23.5 Å². The van der Waals surface area contributed by atoms with Crippen LogP contribution in [-0.4, -0.2) is 72.9 Å². The molecule has 0 radical (unpaired) electrons. The van der Waals surface area contributed by atoms with Crippen molar-refractivity contribution in [2.24, 2.45) is 0 Å². The van der Waals surface area contributed by atoms with Crippen molar-refractivity contribution in [3.63, 3.8) is 0 Å². The Hall–Kier alpha value is -5.09. The van der Waals surface area contributed by atoms with Gasteiger partial charge in [0.2, 0.25) is 0 Å². The number of nitrogens with zero attached hydrogens (tertiary/aromatic N) is 4. The molecule has 254 valence electrons. The fourth-order valence-corrected chi connectivity index (χ4v) is 5.46. The summed E-state index contributed by atoms with van der Waals surface area (Å²) in [6.45, 7) is 6.85. The number of nitrogens with one attached hydrogen (secondary N) is 1. The molecule has 2 aromatic carbocycles. The van der Waals surface area contributed by atoms with Gasteiger partial charge in [0, 0.05) is 44.6 Å². The van der Waals surface area contributed by atoms with E-state index in [4.69, 9.17) is 33.8 Å². The maximum Gasteiger partial charge on any atom is 0.410 e. The Kier molecular flexibility index (Phi) is 10.2. The Bertz CT molecular complexity index is 1830. The first-order valence-electron chi connectivity index (χ1n) is 15.3. The molecule has 1 amide bonds. The number of carbonyl (C=O) groups is 1. The van der Waals surface area contributed by atoms with Gasteiger partial charge >= 0.3 is 6.09 Å². The minimum atomic E-state index is -0.966. The minimum Gasteiger partial charge on any atom is -0.497 e. The minimum absolute atomic E-state index is 0.208. The third-order valence-corrected chi connectivity index (χ3v) is 7.76. The number of ether oxygens (including phenoxy) is 5. The summed E-state index contributed by atoms with van der Waals surface area (Å²) in [6.07, 6.45) is 1.87. The van der Waals surface area contributed by atoms with Crippen LogP contribution in [0.1, 0.15) is 55.6 Å². The van der Waals surface area contributed by atoms with Crippen LogP contribution in [0.3, 0.4) is 0 Å². The van der Waals surface area contributed by atoms with Gasteiger partial charge in [0.15, 0.2) is 23.1 Å². The number of aromatic nitrogens is 3. The first-order valence-corrected chi connectivity index (χ1v) is 15.3. The molecule has 11 nitrogen and oxygen atoms in total. The number of methoxy groups -OCH3 is 4. The van der Waals surface area contributed by atoms with Crippen LogP contribution >= 0.6 is 0 Å². The molecule has 3 heterocycles. The summed E-state index contributed by atoms with van der Waals surface area (Å²) in [5.41, 5.74) is 1.41. The smallest absolute Gasteiger partial charge is 0.410 e. The normalized spacial score (nSPS) is 14.4. The zero-order valence-electron chi connectivity index (χ0n) is 28.1. The number of rotatable bonds is 9. The molecule has 48 heavy (non-hydrogen) atoms. The SMILES string of the molecule is COCc1cnc(NCc2ccc(OC)cc2)c2c(C#Cc3c(F)c(OC)cc(OC)c3F)nn([C@H]3CCN(C(=O)OC(C)(C)C)C3)c12. The summed E-state index contributed by atoms with van der Waals surface area (Å²) in [6, 6.07) is 8.44. The second-order valence-electron chi connectivity index (χ2n) is 12.2. The maximum atomic E-state index is 15.3. The van der Waals surface area contributed by atoms with Crippen molar-refractivity contribution >= 4 is 22.8 Å². The van der Waals surface area contributed by atoms with Gasteiger partial charge in [0.05, 0.1) is 44.9 Å². The molecule has 1 N–H and O–H groups in total. The number of benzene rings is 2. The molecule has 0 aliphatic carbocycles.